The fraction of sp³-hybridized carbons (Fsp3) is 0.538. The lowest BCUT2D eigenvalue weighted by atomic mass is 9.86. The molecule has 0 saturated carbocycles. The maximum atomic E-state index is 9.97. The van der Waals surface area contributed by atoms with Crippen LogP contribution in [-0.2, 0) is 11.2 Å². The summed E-state index contributed by atoms with van der Waals surface area (Å²) in [6.07, 6.45) is -4.04. The lowest BCUT2D eigenvalue weighted by Gasteiger charge is -2.40. The van der Waals surface area contributed by atoms with Crippen LogP contribution in [0.2, 0.25) is 0 Å². The molecule has 0 aliphatic carbocycles. The summed E-state index contributed by atoms with van der Waals surface area (Å²) in [7, 11) is 0. The maximum absolute atomic E-state index is 9.97. The number of hydrogen-bond acceptors (Lipinski definition) is 5. The summed E-state index contributed by atoms with van der Waals surface area (Å²) in [6.45, 7) is -0.437. The summed E-state index contributed by atoms with van der Waals surface area (Å²) in [5.74, 6) is -0.606. The van der Waals surface area contributed by atoms with Gasteiger partial charge in [0.15, 0.2) is 6.29 Å². The molecule has 5 nitrogen and oxygen atoms in total. The van der Waals surface area contributed by atoms with Gasteiger partial charge in [-0.15, -0.1) is 0 Å². The molecular weight excluding hydrogens is 236 g/mol. The molecule has 18 heavy (non-hydrogen) atoms. The van der Waals surface area contributed by atoms with Gasteiger partial charge in [0.05, 0.1) is 12.7 Å². The second kappa shape index (κ2) is 5.77. The molecule has 1 saturated heterocycles. The van der Waals surface area contributed by atoms with Gasteiger partial charge in [-0.25, -0.2) is 0 Å². The third-order valence-electron chi connectivity index (χ3n) is 3.34. The lowest BCUT2D eigenvalue weighted by molar-refractivity contribution is -0.269. The highest BCUT2D eigenvalue weighted by Crippen LogP contribution is 2.27. The molecule has 0 bridgehead atoms. The van der Waals surface area contributed by atoms with E-state index in [2.05, 4.69) is 0 Å². The van der Waals surface area contributed by atoms with Gasteiger partial charge in [0, 0.05) is 5.92 Å². The molecule has 1 aromatic rings. The van der Waals surface area contributed by atoms with E-state index in [9.17, 15) is 15.3 Å². The smallest absolute Gasteiger partial charge is 0.160 e. The van der Waals surface area contributed by atoms with Crippen molar-refractivity contribution >= 4 is 0 Å². The number of aliphatic hydroxyl groups is 4. The van der Waals surface area contributed by atoms with Crippen LogP contribution in [0, 0.1) is 5.92 Å². The van der Waals surface area contributed by atoms with Crippen molar-refractivity contribution in [3.8, 4) is 0 Å². The molecule has 5 heteroatoms. The molecule has 2 rings (SSSR count). The van der Waals surface area contributed by atoms with Crippen molar-refractivity contribution in [3.05, 3.63) is 35.9 Å². The molecule has 0 spiro atoms. The van der Waals surface area contributed by atoms with E-state index in [-0.39, 0.29) is 0 Å². The van der Waals surface area contributed by atoms with Gasteiger partial charge in [-0.05, 0) is 12.0 Å². The van der Waals surface area contributed by atoms with Crippen molar-refractivity contribution < 1.29 is 25.2 Å². The van der Waals surface area contributed by atoms with Crippen molar-refractivity contribution in [2.75, 3.05) is 6.61 Å². The molecule has 0 amide bonds. The predicted molar refractivity (Wildman–Crippen MR) is 63.6 cm³/mol. The minimum Gasteiger partial charge on any atom is -0.394 e. The Morgan fingerprint density at radius 2 is 1.67 bits per heavy atom. The van der Waals surface area contributed by atoms with Crippen LogP contribution >= 0.6 is 0 Å². The summed E-state index contributed by atoms with van der Waals surface area (Å²) in [4.78, 5) is 0. The largest absolute Gasteiger partial charge is 0.394 e. The quantitative estimate of drug-likeness (QED) is 0.571. The summed E-state index contributed by atoms with van der Waals surface area (Å²) in [5, 5.41) is 38.5. The first-order chi connectivity index (χ1) is 8.63. The van der Waals surface area contributed by atoms with Crippen LogP contribution in [0.4, 0.5) is 0 Å². The monoisotopic (exact) mass is 254 g/mol. The molecule has 0 radical (unpaired) electrons. The van der Waals surface area contributed by atoms with Crippen LogP contribution in [0.3, 0.4) is 0 Å². The number of hydrogen-bond donors (Lipinski definition) is 4. The zero-order chi connectivity index (χ0) is 13.1. The molecule has 1 aromatic carbocycles. The second-order valence-electron chi connectivity index (χ2n) is 4.58. The van der Waals surface area contributed by atoms with Gasteiger partial charge in [0.2, 0.25) is 0 Å². The fourth-order valence-electron chi connectivity index (χ4n) is 2.26. The Balaban J connectivity index is 2.08. The van der Waals surface area contributed by atoms with E-state index in [0.29, 0.717) is 6.42 Å². The Hall–Kier alpha value is -0.980. The average Bonchev–Trinajstić information content (AvgIpc) is 2.40. The number of aliphatic hydroxyl groups excluding tert-OH is 4. The Kier molecular flexibility index (Phi) is 4.31. The number of ether oxygens (including phenoxy) is 1. The predicted octanol–water partition coefficient (Wildman–Crippen LogP) is -0.723. The van der Waals surface area contributed by atoms with Gasteiger partial charge < -0.3 is 25.2 Å². The van der Waals surface area contributed by atoms with Crippen molar-refractivity contribution in [1.82, 2.24) is 0 Å². The van der Waals surface area contributed by atoms with Crippen molar-refractivity contribution in [2.45, 2.75) is 31.0 Å². The highest BCUT2D eigenvalue weighted by molar-refractivity contribution is 5.16. The van der Waals surface area contributed by atoms with E-state index in [1.807, 2.05) is 30.3 Å². The van der Waals surface area contributed by atoms with Crippen LogP contribution in [0.25, 0.3) is 0 Å². The molecular formula is C13H18O5. The minimum absolute atomic E-state index is 0.401. The fourth-order valence-corrected chi connectivity index (χ4v) is 2.26. The van der Waals surface area contributed by atoms with Crippen molar-refractivity contribution in [2.24, 2.45) is 5.92 Å². The SMILES string of the molecule is OC[C@H]1O[C@H](O)[C@@H](Cc2ccccc2)[C@@H](O)[C@@H]1O. The molecule has 0 aromatic heterocycles. The van der Waals surface area contributed by atoms with Gasteiger partial charge >= 0.3 is 0 Å². The molecule has 4 N–H and O–H groups in total. The molecule has 1 fully saturated rings. The Morgan fingerprint density at radius 3 is 2.28 bits per heavy atom. The second-order valence-corrected chi connectivity index (χ2v) is 4.58. The first-order valence-electron chi connectivity index (χ1n) is 5.98. The number of rotatable bonds is 3. The Bertz CT molecular complexity index is 369. The van der Waals surface area contributed by atoms with Crippen LogP contribution in [-0.4, -0.2) is 51.6 Å². The first kappa shape index (κ1) is 13.5. The van der Waals surface area contributed by atoms with E-state index in [4.69, 9.17) is 9.84 Å². The zero-order valence-corrected chi connectivity index (χ0v) is 9.88. The van der Waals surface area contributed by atoms with Gasteiger partial charge in [0.25, 0.3) is 0 Å². The molecule has 5 atom stereocenters. The van der Waals surface area contributed by atoms with E-state index in [1.54, 1.807) is 0 Å². The van der Waals surface area contributed by atoms with Gasteiger partial charge in [-0.3, -0.25) is 0 Å². The van der Waals surface area contributed by atoms with Gasteiger partial charge in [-0.1, -0.05) is 30.3 Å². The average molecular weight is 254 g/mol. The third kappa shape index (κ3) is 2.71. The molecule has 0 unspecified atom stereocenters. The maximum Gasteiger partial charge on any atom is 0.160 e. The summed E-state index contributed by atoms with van der Waals surface area (Å²) >= 11 is 0. The summed E-state index contributed by atoms with van der Waals surface area (Å²) < 4.78 is 5.10. The zero-order valence-electron chi connectivity index (χ0n) is 9.88. The summed E-state index contributed by atoms with van der Waals surface area (Å²) in [6, 6.07) is 9.37. The van der Waals surface area contributed by atoms with Crippen molar-refractivity contribution in [3.63, 3.8) is 0 Å². The third-order valence-corrected chi connectivity index (χ3v) is 3.34. The molecule has 1 aliphatic rings. The van der Waals surface area contributed by atoms with E-state index in [0.717, 1.165) is 5.56 Å². The van der Waals surface area contributed by atoms with E-state index < -0.39 is 37.1 Å². The standard InChI is InChI=1S/C13H18O5/c14-7-10-12(16)11(15)9(13(17)18-10)6-8-4-2-1-3-5-8/h1-5,9-17H,6-7H2/t9-,10+,11+,12+,13-/m0/s1. The van der Waals surface area contributed by atoms with E-state index in [1.165, 1.54) is 0 Å². The van der Waals surface area contributed by atoms with Gasteiger partial charge in [-0.2, -0.15) is 0 Å². The van der Waals surface area contributed by atoms with Crippen LogP contribution in [0.1, 0.15) is 5.56 Å². The first-order valence-corrected chi connectivity index (χ1v) is 5.98. The lowest BCUT2D eigenvalue weighted by Crippen LogP contribution is -2.56. The van der Waals surface area contributed by atoms with Crippen LogP contribution in [0.5, 0.6) is 0 Å². The Labute approximate surface area is 105 Å². The molecule has 1 aliphatic heterocycles. The molecule has 100 valence electrons. The normalized spacial score (nSPS) is 36.6. The number of benzene rings is 1. The molecule has 1 heterocycles. The highest BCUT2D eigenvalue weighted by atomic mass is 16.6. The highest BCUT2D eigenvalue weighted by Gasteiger charge is 2.43. The Morgan fingerprint density at radius 1 is 1.00 bits per heavy atom. The minimum atomic E-state index is -1.19. The van der Waals surface area contributed by atoms with Crippen molar-refractivity contribution in [1.29, 1.82) is 0 Å². The van der Waals surface area contributed by atoms with Crippen LogP contribution in [0.15, 0.2) is 30.3 Å². The topological polar surface area (TPSA) is 90.2 Å². The van der Waals surface area contributed by atoms with Crippen LogP contribution < -0.4 is 0 Å². The summed E-state index contributed by atoms with van der Waals surface area (Å²) in [5.41, 5.74) is 0.943. The van der Waals surface area contributed by atoms with Gasteiger partial charge in [0.1, 0.15) is 12.2 Å². The van der Waals surface area contributed by atoms with E-state index >= 15 is 0 Å².